The monoisotopic (exact) mass is 261 g/mol. The number of hydrogen-bond acceptors (Lipinski definition) is 3. The molecule has 0 aromatic carbocycles. The van der Waals surface area contributed by atoms with Crippen LogP contribution in [0.15, 0.2) is 0 Å². The van der Waals surface area contributed by atoms with Crippen molar-refractivity contribution in [2.75, 3.05) is 12.8 Å². The molecule has 0 bridgehead atoms. The van der Waals surface area contributed by atoms with Gasteiger partial charge in [-0.2, -0.15) is 0 Å². The summed E-state index contributed by atoms with van der Waals surface area (Å²) in [5.41, 5.74) is 0. The van der Waals surface area contributed by atoms with Crippen LogP contribution in [0.4, 0.5) is 0 Å². The van der Waals surface area contributed by atoms with Crippen molar-refractivity contribution >= 4 is 9.84 Å². The Morgan fingerprint density at radius 3 is 2.35 bits per heavy atom. The van der Waals surface area contributed by atoms with Crippen LogP contribution < -0.4 is 5.32 Å². The zero-order chi connectivity index (χ0) is 12.9. The molecule has 0 aromatic heterocycles. The van der Waals surface area contributed by atoms with Gasteiger partial charge in [0.25, 0.3) is 0 Å². The van der Waals surface area contributed by atoms with Gasteiger partial charge in [0.15, 0.2) is 9.84 Å². The van der Waals surface area contributed by atoms with Crippen LogP contribution in [0, 0.1) is 5.92 Å². The van der Waals surface area contributed by atoms with Crippen LogP contribution in [-0.2, 0) is 9.84 Å². The van der Waals surface area contributed by atoms with E-state index in [1.807, 2.05) is 13.8 Å². The third-order valence-electron chi connectivity index (χ3n) is 4.07. The lowest BCUT2D eigenvalue weighted by Gasteiger charge is -2.24. The Balaban J connectivity index is 2.47. The fraction of sp³-hybridized carbons (Fsp3) is 1.00. The van der Waals surface area contributed by atoms with E-state index in [1.54, 1.807) is 0 Å². The summed E-state index contributed by atoms with van der Waals surface area (Å²) in [6.07, 6.45) is 8.91. The Hall–Kier alpha value is -0.0900. The summed E-state index contributed by atoms with van der Waals surface area (Å²) in [5, 5.41) is 3.06. The van der Waals surface area contributed by atoms with Crippen LogP contribution in [0.2, 0.25) is 0 Å². The maximum absolute atomic E-state index is 11.6. The van der Waals surface area contributed by atoms with Gasteiger partial charge in [-0.1, -0.05) is 32.6 Å². The third kappa shape index (κ3) is 4.96. The fourth-order valence-corrected chi connectivity index (χ4v) is 3.61. The first-order chi connectivity index (χ1) is 7.95. The van der Waals surface area contributed by atoms with E-state index in [-0.39, 0.29) is 11.3 Å². The van der Waals surface area contributed by atoms with Gasteiger partial charge < -0.3 is 5.32 Å². The number of sulfone groups is 1. The molecular weight excluding hydrogens is 234 g/mol. The third-order valence-corrected chi connectivity index (χ3v) is 5.75. The maximum Gasteiger partial charge on any atom is 0.151 e. The second-order valence-corrected chi connectivity index (χ2v) is 7.83. The van der Waals surface area contributed by atoms with Crippen molar-refractivity contribution in [1.29, 1.82) is 0 Å². The summed E-state index contributed by atoms with van der Waals surface area (Å²) in [6, 6.07) is 0.121. The van der Waals surface area contributed by atoms with Crippen LogP contribution in [-0.4, -0.2) is 32.5 Å². The lowest BCUT2D eigenvalue weighted by Crippen LogP contribution is -2.42. The van der Waals surface area contributed by atoms with Gasteiger partial charge >= 0.3 is 0 Å². The maximum atomic E-state index is 11.6. The largest absolute Gasteiger partial charge is 0.313 e. The van der Waals surface area contributed by atoms with Crippen molar-refractivity contribution in [1.82, 2.24) is 5.32 Å². The first kappa shape index (κ1) is 15.0. The van der Waals surface area contributed by atoms with Gasteiger partial charge in [0, 0.05) is 12.3 Å². The van der Waals surface area contributed by atoms with E-state index in [4.69, 9.17) is 0 Å². The Labute approximate surface area is 106 Å². The Morgan fingerprint density at radius 2 is 1.88 bits per heavy atom. The minimum Gasteiger partial charge on any atom is -0.313 e. The molecule has 3 nitrogen and oxygen atoms in total. The molecule has 1 saturated carbocycles. The van der Waals surface area contributed by atoms with Gasteiger partial charge in [0.2, 0.25) is 0 Å². The van der Waals surface area contributed by atoms with E-state index in [0.717, 1.165) is 18.9 Å². The highest BCUT2D eigenvalue weighted by molar-refractivity contribution is 7.91. The summed E-state index contributed by atoms with van der Waals surface area (Å²) >= 11 is 0. The summed E-state index contributed by atoms with van der Waals surface area (Å²) in [4.78, 5) is 0. The molecular formula is C13H27NO2S. The van der Waals surface area contributed by atoms with Crippen molar-refractivity contribution in [2.45, 2.75) is 63.7 Å². The first-order valence-corrected chi connectivity index (χ1v) is 8.82. The van der Waals surface area contributed by atoms with Crippen LogP contribution in [0.3, 0.4) is 0 Å². The van der Waals surface area contributed by atoms with Crippen LogP contribution in [0.25, 0.3) is 0 Å². The van der Waals surface area contributed by atoms with Gasteiger partial charge in [0.1, 0.15) is 0 Å². The van der Waals surface area contributed by atoms with Crippen LogP contribution in [0.1, 0.15) is 52.4 Å². The molecule has 1 aliphatic carbocycles. The molecule has 102 valence electrons. The van der Waals surface area contributed by atoms with Gasteiger partial charge in [-0.3, -0.25) is 0 Å². The molecule has 17 heavy (non-hydrogen) atoms. The highest BCUT2D eigenvalue weighted by Crippen LogP contribution is 2.29. The molecule has 0 aromatic rings. The second-order valence-electron chi connectivity index (χ2n) is 5.43. The molecule has 2 unspecified atom stereocenters. The van der Waals surface area contributed by atoms with E-state index >= 15 is 0 Å². The normalized spacial score (nSPS) is 21.6. The summed E-state index contributed by atoms with van der Waals surface area (Å²) in [5.74, 6) is 0.836. The van der Waals surface area contributed by atoms with Gasteiger partial charge in [-0.15, -0.1) is 0 Å². The van der Waals surface area contributed by atoms with E-state index in [0.29, 0.717) is 0 Å². The Kier molecular flexibility index (Phi) is 5.93. The number of hydrogen-bond donors (Lipinski definition) is 1. The second kappa shape index (κ2) is 6.74. The topological polar surface area (TPSA) is 46.2 Å². The molecule has 1 rings (SSSR count). The predicted octanol–water partition coefficient (Wildman–Crippen LogP) is 2.37. The van der Waals surface area contributed by atoms with Crippen LogP contribution >= 0.6 is 0 Å². The Bertz CT molecular complexity index is 307. The molecule has 1 fully saturated rings. The quantitative estimate of drug-likeness (QED) is 0.765. The molecule has 0 radical (unpaired) electrons. The SMILES string of the molecule is CCNC(CCC1CCCC1)C(C)S(C)(=O)=O. The highest BCUT2D eigenvalue weighted by Gasteiger charge is 2.26. The molecule has 0 spiro atoms. The summed E-state index contributed by atoms with van der Waals surface area (Å²) in [7, 11) is -2.93. The zero-order valence-corrected chi connectivity index (χ0v) is 12.2. The average Bonchev–Trinajstić information content (AvgIpc) is 2.74. The standard InChI is InChI=1S/C13H27NO2S/c1-4-14-13(11(2)17(3,15)16)10-9-12-7-5-6-8-12/h11-14H,4-10H2,1-3H3. The molecule has 1 aliphatic rings. The summed E-state index contributed by atoms with van der Waals surface area (Å²) in [6.45, 7) is 4.71. The summed E-state index contributed by atoms with van der Waals surface area (Å²) < 4.78 is 23.2. The van der Waals surface area contributed by atoms with Crippen molar-refractivity contribution in [2.24, 2.45) is 5.92 Å². The average molecular weight is 261 g/mol. The fourth-order valence-electron chi connectivity index (χ4n) is 2.78. The van der Waals surface area contributed by atoms with E-state index < -0.39 is 9.84 Å². The lowest BCUT2D eigenvalue weighted by atomic mass is 9.97. The smallest absolute Gasteiger partial charge is 0.151 e. The number of nitrogens with one attached hydrogen (secondary N) is 1. The van der Waals surface area contributed by atoms with Crippen molar-refractivity contribution in [3.05, 3.63) is 0 Å². The minimum absolute atomic E-state index is 0.121. The zero-order valence-electron chi connectivity index (χ0n) is 11.4. The van der Waals surface area contributed by atoms with Gasteiger partial charge in [-0.25, -0.2) is 8.42 Å². The molecule has 2 atom stereocenters. The first-order valence-electron chi connectivity index (χ1n) is 6.87. The molecule has 0 amide bonds. The van der Waals surface area contributed by atoms with Crippen LogP contribution in [0.5, 0.6) is 0 Å². The van der Waals surface area contributed by atoms with E-state index in [1.165, 1.54) is 38.4 Å². The van der Waals surface area contributed by atoms with Crippen molar-refractivity contribution in [3.63, 3.8) is 0 Å². The van der Waals surface area contributed by atoms with E-state index in [9.17, 15) is 8.42 Å². The highest BCUT2D eigenvalue weighted by atomic mass is 32.2. The minimum atomic E-state index is -2.93. The molecule has 0 saturated heterocycles. The molecule has 0 aliphatic heterocycles. The van der Waals surface area contributed by atoms with E-state index in [2.05, 4.69) is 5.32 Å². The Morgan fingerprint density at radius 1 is 1.29 bits per heavy atom. The molecule has 0 heterocycles. The van der Waals surface area contributed by atoms with Crippen molar-refractivity contribution in [3.8, 4) is 0 Å². The molecule has 4 heteroatoms. The predicted molar refractivity (Wildman–Crippen MR) is 73.0 cm³/mol. The molecule has 1 N–H and O–H groups in total. The number of rotatable bonds is 7. The van der Waals surface area contributed by atoms with Crippen molar-refractivity contribution < 1.29 is 8.42 Å². The van der Waals surface area contributed by atoms with Gasteiger partial charge in [0.05, 0.1) is 5.25 Å². The lowest BCUT2D eigenvalue weighted by molar-refractivity contribution is 0.400. The van der Waals surface area contributed by atoms with Gasteiger partial charge in [-0.05, 0) is 32.2 Å².